The summed E-state index contributed by atoms with van der Waals surface area (Å²) in [5.74, 6) is 0. The highest BCUT2D eigenvalue weighted by Gasteiger charge is 2.25. The van der Waals surface area contributed by atoms with Crippen molar-refractivity contribution in [3.05, 3.63) is 0 Å². The molecule has 12 heavy (non-hydrogen) atoms. The van der Waals surface area contributed by atoms with Crippen molar-refractivity contribution in [1.29, 1.82) is 0 Å². The molecule has 2 aliphatic heterocycles. The van der Waals surface area contributed by atoms with Crippen molar-refractivity contribution in [2.75, 3.05) is 46.3 Å². The molecular weight excluding hydrogens is 150 g/mol. The van der Waals surface area contributed by atoms with Crippen LogP contribution < -0.4 is 5.32 Å². The molecule has 0 aliphatic carbocycles. The lowest BCUT2D eigenvalue weighted by molar-refractivity contribution is 0.175. The predicted molar refractivity (Wildman–Crippen MR) is 50.3 cm³/mol. The van der Waals surface area contributed by atoms with Gasteiger partial charge in [-0.25, -0.2) is 0 Å². The van der Waals surface area contributed by atoms with Crippen molar-refractivity contribution in [3.8, 4) is 0 Å². The second-order valence-corrected chi connectivity index (χ2v) is 3.99. The fraction of sp³-hybridized carbons (Fsp3) is 1.00. The maximum Gasteiger partial charge on any atom is 0.0236 e. The van der Waals surface area contributed by atoms with Gasteiger partial charge in [0, 0.05) is 38.8 Å². The zero-order valence-electron chi connectivity index (χ0n) is 7.92. The molecule has 2 saturated heterocycles. The first-order valence-corrected chi connectivity index (χ1v) is 4.99. The van der Waals surface area contributed by atoms with Gasteiger partial charge in [0.15, 0.2) is 0 Å². The smallest absolute Gasteiger partial charge is 0.0236 e. The molecular formula is C9H19N3. The van der Waals surface area contributed by atoms with Crippen LogP contribution in [-0.2, 0) is 0 Å². The number of rotatable bonds is 1. The van der Waals surface area contributed by atoms with Gasteiger partial charge in [0.05, 0.1) is 0 Å². The third-order valence-electron chi connectivity index (χ3n) is 3.03. The van der Waals surface area contributed by atoms with Crippen LogP contribution in [0.25, 0.3) is 0 Å². The molecule has 0 aromatic heterocycles. The molecule has 2 fully saturated rings. The van der Waals surface area contributed by atoms with Crippen LogP contribution in [0.4, 0.5) is 0 Å². The van der Waals surface area contributed by atoms with Gasteiger partial charge in [-0.1, -0.05) is 0 Å². The summed E-state index contributed by atoms with van der Waals surface area (Å²) in [6, 6.07) is 0.845. The van der Waals surface area contributed by atoms with Crippen LogP contribution in [0.1, 0.15) is 6.42 Å². The topological polar surface area (TPSA) is 18.5 Å². The molecule has 0 bridgehead atoms. The highest BCUT2D eigenvalue weighted by atomic mass is 15.3. The lowest BCUT2D eigenvalue weighted by Gasteiger charge is -2.32. The quantitative estimate of drug-likeness (QED) is 0.576. The monoisotopic (exact) mass is 169 g/mol. The Kier molecular flexibility index (Phi) is 2.63. The van der Waals surface area contributed by atoms with E-state index in [4.69, 9.17) is 0 Å². The van der Waals surface area contributed by atoms with Gasteiger partial charge in [0.25, 0.3) is 0 Å². The van der Waals surface area contributed by atoms with Crippen LogP contribution in [0.5, 0.6) is 0 Å². The average molecular weight is 169 g/mol. The first-order valence-electron chi connectivity index (χ1n) is 4.99. The van der Waals surface area contributed by atoms with Gasteiger partial charge >= 0.3 is 0 Å². The fourth-order valence-corrected chi connectivity index (χ4v) is 2.26. The Hall–Kier alpha value is -0.120. The number of nitrogens with zero attached hydrogens (tertiary/aromatic N) is 2. The Morgan fingerprint density at radius 2 is 1.92 bits per heavy atom. The van der Waals surface area contributed by atoms with Crippen molar-refractivity contribution in [2.24, 2.45) is 0 Å². The molecule has 2 heterocycles. The molecule has 1 N–H and O–H groups in total. The second-order valence-electron chi connectivity index (χ2n) is 3.99. The van der Waals surface area contributed by atoms with E-state index in [1.54, 1.807) is 0 Å². The number of likely N-dealkylation sites (tertiary alicyclic amines) is 1. The number of hydrogen-bond acceptors (Lipinski definition) is 3. The van der Waals surface area contributed by atoms with Crippen LogP contribution in [0.3, 0.4) is 0 Å². The van der Waals surface area contributed by atoms with E-state index in [2.05, 4.69) is 22.2 Å². The molecule has 0 aromatic rings. The van der Waals surface area contributed by atoms with Crippen molar-refractivity contribution in [1.82, 2.24) is 15.1 Å². The van der Waals surface area contributed by atoms with Gasteiger partial charge in [-0.2, -0.15) is 0 Å². The standard InChI is InChI=1S/C9H19N3/c1-11-5-2-9(8-11)12-6-3-10-4-7-12/h9-10H,2-8H2,1H3. The van der Waals surface area contributed by atoms with E-state index in [9.17, 15) is 0 Å². The lowest BCUT2D eigenvalue weighted by Crippen LogP contribution is -2.49. The molecule has 2 aliphatic rings. The molecule has 70 valence electrons. The van der Waals surface area contributed by atoms with Gasteiger partial charge in [-0.15, -0.1) is 0 Å². The second kappa shape index (κ2) is 3.73. The van der Waals surface area contributed by atoms with E-state index in [-0.39, 0.29) is 0 Å². The molecule has 1 atom stereocenters. The maximum atomic E-state index is 3.39. The maximum absolute atomic E-state index is 3.39. The number of hydrogen-bond donors (Lipinski definition) is 1. The summed E-state index contributed by atoms with van der Waals surface area (Å²) in [6.07, 6.45) is 1.37. The lowest BCUT2D eigenvalue weighted by atomic mass is 10.2. The average Bonchev–Trinajstić information content (AvgIpc) is 2.54. The Balaban J connectivity index is 1.83. The van der Waals surface area contributed by atoms with E-state index in [1.165, 1.54) is 45.7 Å². The Morgan fingerprint density at radius 1 is 1.17 bits per heavy atom. The summed E-state index contributed by atoms with van der Waals surface area (Å²) in [4.78, 5) is 5.08. The minimum Gasteiger partial charge on any atom is -0.314 e. The summed E-state index contributed by atoms with van der Waals surface area (Å²) in [5, 5.41) is 3.39. The fourth-order valence-electron chi connectivity index (χ4n) is 2.26. The third kappa shape index (κ3) is 1.79. The number of piperazine rings is 1. The molecule has 0 amide bonds. The van der Waals surface area contributed by atoms with Gasteiger partial charge in [-0.3, -0.25) is 4.90 Å². The highest BCUT2D eigenvalue weighted by Crippen LogP contribution is 2.13. The van der Waals surface area contributed by atoms with Gasteiger partial charge in [0.2, 0.25) is 0 Å². The first kappa shape index (κ1) is 8.48. The molecule has 2 rings (SSSR count). The van der Waals surface area contributed by atoms with Crippen LogP contribution >= 0.6 is 0 Å². The van der Waals surface area contributed by atoms with Gasteiger partial charge in [0.1, 0.15) is 0 Å². The summed E-state index contributed by atoms with van der Waals surface area (Å²) < 4.78 is 0. The van der Waals surface area contributed by atoms with Crippen LogP contribution in [0, 0.1) is 0 Å². The third-order valence-corrected chi connectivity index (χ3v) is 3.03. The highest BCUT2D eigenvalue weighted by molar-refractivity contribution is 4.83. The van der Waals surface area contributed by atoms with E-state index >= 15 is 0 Å². The van der Waals surface area contributed by atoms with Gasteiger partial charge < -0.3 is 10.2 Å². The van der Waals surface area contributed by atoms with Gasteiger partial charge in [-0.05, 0) is 20.0 Å². The summed E-state index contributed by atoms with van der Waals surface area (Å²) >= 11 is 0. The molecule has 0 spiro atoms. The van der Waals surface area contributed by atoms with Crippen molar-refractivity contribution < 1.29 is 0 Å². The molecule has 0 radical (unpaired) electrons. The number of nitrogens with one attached hydrogen (secondary N) is 1. The molecule has 3 heteroatoms. The molecule has 0 aromatic carbocycles. The molecule has 0 saturated carbocycles. The van der Waals surface area contributed by atoms with E-state index in [0.29, 0.717) is 0 Å². The molecule has 3 nitrogen and oxygen atoms in total. The van der Waals surface area contributed by atoms with E-state index < -0.39 is 0 Å². The zero-order chi connectivity index (χ0) is 8.39. The Bertz CT molecular complexity index is 140. The predicted octanol–water partition coefficient (Wildman–Crippen LogP) is -0.404. The molecule has 1 unspecified atom stereocenters. The van der Waals surface area contributed by atoms with Crippen LogP contribution in [-0.4, -0.2) is 62.2 Å². The van der Waals surface area contributed by atoms with Crippen molar-refractivity contribution in [2.45, 2.75) is 12.5 Å². The van der Waals surface area contributed by atoms with E-state index in [1.807, 2.05) is 0 Å². The summed E-state index contributed by atoms with van der Waals surface area (Å²) in [6.45, 7) is 7.42. The minimum absolute atomic E-state index is 0.845. The normalized spacial score (nSPS) is 34.2. The van der Waals surface area contributed by atoms with Crippen LogP contribution in [0.2, 0.25) is 0 Å². The summed E-state index contributed by atoms with van der Waals surface area (Å²) in [5.41, 5.74) is 0. The summed E-state index contributed by atoms with van der Waals surface area (Å²) in [7, 11) is 2.22. The van der Waals surface area contributed by atoms with Crippen LogP contribution in [0.15, 0.2) is 0 Å². The van der Waals surface area contributed by atoms with E-state index in [0.717, 1.165) is 6.04 Å². The number of likely N-dealkylation sites (N-methyl/N-ethyl adjacent to an activating group) is 1. The zero-order valence-corrected chi connectivity index (χ0v) is 7.92. The van der Waals surface area contributed by atoms with Crippen molar-refractivity contribution in [3.63, 3.8) is 0 Å². The Labute approximate surface area is 74.7 Å². The SMILES string of the molecule is CN1CCC(N2CCNCC2)C1. The first-order chi connectivity index (χ1) is 5.86. The largest absolute Gasteiger partial charge is 0.314 e. The minimum atomic E-state index is 0.845. The van der Waals surface area contributed by atoms with Crippen molar-refractivity contribution >= 4 is 0 Å². The Morgan fingerprint density at radius 3 is 2.50 bits per heavy atom.